The number of halogens is 2. The molecule has 2 aromatic rings. The van der Waals surface area contributed by atoms with Gasteiger partial charge in [-0.05, 0) is 60.7 Å². The molecule has 9 heteroatoms. The van der Waals surface area contributed by atoms with E-state index in [-0.39, 0.29) is 48.0 Å². The molecular weight excluding hydrogens is 506 g/mol. The van der Waals surface area contributed by atoms with Gasteiger partial charge >= 0.3 is 0 Å². The van der Waals surface area contributed by atoms with E-state index >= 15 is 0 Å². The third-order valence-corrected chi connectivity index (χ3v) is 4.39. The molecule has 0 unspecified atom stereocenters. The average molecular weight is 532 g/mol. The van der Waals surface area contributed by atoms with Crippen molar-refractivity contribution in [1.29, 1.82) is 0 Å². The fourth-order valence-electron chi connectivity index (χ4n) is 2.46. The van der Waals surface area contributed by atoms with E-state index in [1.165, 1.54) is 24.3 Å². The average Bonchev–Trinajstić information content (AvgIpc) is 2.67. The molecule has 6 nitrogen and oxygen atoms in total. The van der Waals surface area contributed by atoms with E-state index in [4.69, 9.17) is 0 Å². The molecule has 4 N–H and O–H groups in total. The van der Waals surface area contributed by atoms with Gasteiger partial charge in [0.15, 0.2) is 5.96 Å². The van der Waals surface area contributed by atoms with Gasteiger partial charge in [0.1, 0.15) is 11.6 Å². The van der Waals surface area contributed by atoms with Crippen LogP contribution < -0.4 is 16.0 Å². The van der Waals surface area contributed by atoms with Crippen LogP contribution >= 0.6 is 35.7 Å². The number of amides is 1. The number of anilines is 1. The summed E-state index contributed by atoms with van der Waals surface area (Å²) in [6, 6.07) is 11.0. The van der Waals surface area contributed by atoms with Crippen LogP contribution in [0, 0.1) is 5.82 Å². The summed E-state index contributed by atoms with van der Waals surface area (Å²) in [5.41, 5.74) is 2.46. The number of phenols is 1. The largest absolute Gasteiger partial charge is 0.508 e. The van der Waals surface area contributed by atoms with Crippen LogP contribution in [0.3, 0.4) is 0 Å². The first-order valence-electron chi connectivity index (χ1n) is 8.89. The molecule has 0 saturated carbocycles. The van der Waals surface area contributed by atoms with Gasteiger partial charge in [-0.15, -0.1) is 24.0 Å². The number of phenolic OH excluding ortho intramolecular Hbond substituents is 1. The summed E-state index contributed by atoms with van der Waals surface area (Å²) in [5, 5.41) is 18.1. The Morgan fingerprint density at radius 1 is 1.14 bits per heavy atom. The van der Waals surface area contributed by atoms with Crippen molar-refractivity contribution in [2.75, 3.05) is 24.7 Å². The highest BCUT2D eigenvalue weighted by Crippen LogP contribution is 2.17. The molecule has 0 radical (unpaired) electrons. The second-order valence-electron chi connectivity index (χ2n) is 5.99. The summed E-state index contributed by atoms with van der Waals surface area (Å²) in [7, 11) is 0. The van der Waals surface area contributed by atoms with Crippen molar-refractivity contribution in [2.24, 2.45) is 4.99 Å². The lowest BCUT2D eigenvalue weighted by Crippen LogP contribution is -2.41. The zero-order valence-electron chi connectivity index (χ0n) is 16.4. The zero-order valence-corrected chi connectivity index (χ0v) is 19.5. The van der Waals surface area contributed by atoms with Crippen LogP contribution in [0.15, 0.2) is 47.5 Å². The van der Waals surface area contributed by atoms with Gasteiger partial charge in [0.05, 0.1) is 13.1 Å². The van der Waals surface area contributed by atoms with Gasteiger partial charge in [0, 0.05) is 18.0 Å². The molecule has 0 saturated heterocycles. The summed E-state index contributed by atoms with van der Waals surface area (Å²) in [6.45, 7) is 3.00. The Morgan fingerprint density at radius 2 is 1.86 bits per heavy atom. The number of aliphatic imine (C=N–C) groups is 1. The normalized spacial score (nSPS) is 10.8. The molecule has 1 amide bonds. The third kappa shape index (κ3) is 8.90. The fourth-order valence-corrected chi connectivity index (χ4v) is 3.04. The summed E-state index contributed by atoms with van der Waals surface area (Å²) in [5.74, 6) is 0.859. The molecule has 2 rings (SSSR count). The van der Waals surface area contributed by atoms with Crippen molar-refractivity contribution in [3.63, 3.8) is 0 Å². The number of aromatic hydroxyl groups is 1. The van der Waals surface area contributed by atoms with E-state index in [1.54, 1.807) is 30.0 Å². The molecule has 29 heavy (non-hydrogen) atoms. The number of guanidine groups is 1. The number of carbonyl (C=O) groups is 1. The third-order valence-electron chi connectivity index (χ3n) is 3.79. The standard InChI is InChI=1S/C20H25FN4O2S.HI/c1-3-22-20(23-11-14-4-5-16(21)10-15(14)13-28-2)24-12-19(27)25-17-6-8-18(26)9-7-17;/h4-10,26H,3,11-13H2,1-2H3,(H,25,27)(H2,22,23,24);1H. The van der Waals surface area contributed by atoms with Crippen LogP contribution in [-0.4, -0.2) is 36.3 Å². The maximum atomic E-state index is 13.5. The van der Waals surface area contributed by atoms with E-state index < -0.39 is 0 Å². The number of hydrogen-bond acceptors (Lipinski definition) is 4. The Kier molecular flexibility index (Phi) is 11.4. The maximum Gasteiger partial charge on any atom is 0.243 e. The minimum atomic E-state index is -0.257. The molecule has 0 spiro atoms. The monoisotopic (exact) mass is 532 g/mol. The van der Waals surface area contributed by atoms with Crippen LogP contribution in [0.5, 0.6) is 5.75 Å². The lowest BCUT2D eigenvalue weighted by molar-refractivity contribution is -0.115. The van der Waals surface area contributed by atoms with Crippen molar-refractivity contribution >= 4 is 53.3 Å². The number of nitrogens with one attached hydrogen (secondary N) is 3. The van der Waals surface area contributed by atoms with Crippen molar-refractivity contribution in [1.82, 2.24) is 10.6 Å². The Morgan fingerprint density at radius 3 is 2.52 bits per heavy atom. The molecule has 0 aliphatic carbocycles. The Hall–Kier alpha value is -2.01. The SMILES string of the molecule is CCNC(=NCc1ccc(F)cc1CSC)NCC(=O)Nc1ccc(O)cc1.I. The topological polar surface area (TPSA) is 85.8 Å². The highest BCUT2D eigenvalue weighted by atomic mass is 127. The van der Waals surface area contributed by atoms with Crippen LogP contribution in [0.4, 0.5) is 10.1 Å². The van der Waals surface area contributed by atoms with Gasteiger partial charge in [-0.1, -0.05) is 6.07 Å². The molecule has 0 aliphatic rings. The van der Waals surface area contributed by atoms with E-state index in [2.05, 4.69) is 20.9 Å². The second-order valence-corrected chi connectivity index (χ2v) is 6.86. The van der Waals surface area contributed by atoms with Crippen molar-refractivity contribution in [3.8, 4) is 5.75 Å². The Balaban J connectivity index is 0.00000420. The van der Waals surface area contributed by atoms with E-state index in [0.717, 1.165) is 11.1 Å². The molecular formula is C20H26FIN4O2S. The predicted molar refractivity (Wildman–Crippen MR) is 129 cm³/mol. The quantitative estimate of drug-likeness (QED) is 0.180. The Bertz CT molecular complexity index is 819. The van der Waals surface area contributed by atoms with E-state index in [0.29, 0.717) is 30.5 Å². The van der Waals surface area contributed by atoms with Crippen LogP contribution in [-0.2, 0) is 17.1 Å². The first-order valence-corrected chi connectivity index (χ1v) is 10.3. The van der Waals surface area contributed by atoms with Gasteiger partial charge in [0.25, 0.3) is 0 Å². The number of rotatable bonds is 8. The van der Waals surface area contributed by atoms with Gasteiger partial charge in [-0.3, -0.25) is 4.79 Å². The zero-order chi connectivity index (χ0) is 20.4. The number of thioether (sulfide) groups is 1. The fraction of sp³-hybridized carbons (Fsp3) is 0.300. The first kappa shape index (κ1) is 25.0. The lowest BCUT2D eigenvalue weighted by atomic mass is 10.1. The lowest BCUT2D eigenvalue weighted by Gasteiger charge is -2.12. The molecule has 0 aromatic heterocycles. The molecule has 158 valence electrons. The number of benzene rings is 2. The maximum absolute atomic E-state index is 13.5. The summed E-state index contributed by atoms with van der Waals surface area (Å²) in [4.78, 5) is 16.6. The molecule has 0 atom stereocenters. The number of nitrogens with zero attached hydrogens (tertiary/aromatic N) is 1. The Labute approximate surface area is 191 Å². The van der Waals surface area contributed by atoms with Gasteiger partial charge in [0.2, 0.25) is 5.91 Å². The molecule has 2 aromatic carbocycles. The minimum Gasteiger partial charge on any atom is -0.508 e. The second kappa shape index (κ2) is 13.3. The smallest absolute Gasteiger partial charge is 0.243 e. The van der Waals surface area contributed by atoms with Crippen LogP contribution in [0.25, 0.3) is 0 Å². The molecule has 0 aliphatic heterocycles. The van der Waals surface area contributed by atoms with E-state index in [1.807, 2.05) is 13.2 Å². The predicted octanol–water partition coefficient (Wildman–Crippen LogP) is 3.71. The van der Waals surface area contributed by atoms with E-state index in [9.17, 15) is 14.3 Å². The number of hydrogen-bond donors (Lipinski definition) is 4. The number of carbonyl (C=O) groups excluding carboxylic acids is 1. The molecule has 0 bridgehead atoms. The van der Waals surface area contributed by atoms with Crippen LogP contribution in [0.1, 0.15) is 18.1 Å². The summed E-state index contributed by atoms with van der Waals surface area (Å²) in [6.07, 6.45) is 1.97. The summed E-state index contributed by atoms with van der Waals surface area (Å²) >= 11 is 1.62. The highest BCUT2D eigenvalue weighted by molar-refractivity contribution is 14.0. The highest BCUT2D eigenvalue weighted by Gasteiger charge is 2.07. The molecule has 0 heterocycles. The van der Waals surface area contributed by atoms with Crippen molar-refractivity contribution < 1.29 is 14.3 Å². The van der Waals surface area contributed by atoms with Crippen LogP contribution in [0.2, 0.25) is 0 Å². The van der Waals surface area contributed by atoms with Gasteiger partial charge < -0.3 is 21.1 Å². The minimum absolute atomic E-state index is 0. The summed E-state index contributed by atoms with van der Waals surface area (Å²) < 4.78 is 13.5. The van der Waals surface area contributed by atoms with Crippen molar-refractivity contribution in [2.45, 2.75) is 19.2 Å². The first-order chi connectivity index (χ1) is 13.5. The van der Waals surface area contributed by atoms with Gasteiger partial charge in [-0.2, -0.15) is 11.8 Å². The molecule has 0 fully saturated rings. The van der Waals surface area contributed by atoms with Crippen molar-refractivity contribution in [3.05, 3.63) is 59.4 Å². The van der Waals surface area contributed by atoms with Gasteiger partial charge in [-0.25, -0.2) is 9.38 Å².